The lowest BCUT2D eigenvalue weighted by atomic mass is 9.92. The minimum absolute atomic E-state index is 0. The summed E-state index contributed by atoms with van der Waals surface area (Å²) in [5, 5.41) is 19.5. The molecule has 0 spiro atoms. The Morgan fingerprint density at radius 3 is 2.34 bits per heavy atom. The van der Waals surface area contributed by atoms with E-state index in [0.29, 0.717) is 60.9 Å². The van der Waals surface area contributed by atoms with Gasteiger partial charge in [0.05, 0.1) is 30.0 Å². The lowest BCUT2D eigenvalue weighted by Crippen LogP contribution is -2.52. The molecule has 2 amide bonds. The molecule has 3 heterocycles. The first-order chi connectivity index (χ1) is 25.1. The fourth-order valence-corrected chi connectivity index (χ4v) is 7.16. The molecule has 2 aliphatic rings. The number of carbonyl (C=O) groups excluding carboxylic acids is 2. The quantitative estimate of drug-likeness (QED) is 0.190. The predicted octanol–water partition coefficient (Wildman–Crippen LogP) is 7.16. The highest BCUT2D eigenvalue weighted by atomic mass is 35.5. The third-order valence-electron chi connectivity index (χ3n) is 10.1. The molecule has 4 aromatic carbocycles. The second kappa shape index (κ2) is 15.6. The van der Waals surface area contributed by atoms with Crippen molar-refractivity contribution in [2.45, 2.75) is 25.9 Å². The van der Waals surface area contributed by atoms with Crippen molar-refractivity contribution in [1.82, 2.24) is 14.4 Å². The average molecular weight is 738 g/mol. The number of halogens is 3. The highest BCUT2D eigenvalue weighted by molar-refractivity contribution is 6.12. The van der Waals surface area contributed by atoms with E-state index >= 15 is 4.39 Å². The lowest BCUT2D eigenvalue weighted by Gasteiger charge is -2.40. The zero-order chi connectivity index (χ0) is 36.5. The fourth-order valence-electron chi connectivity index (χ4n) is 7.16. The van der Waals surface area contributed by atoms with Gasteiger partial charge in [0.1, 0.15) is 23.5 Å². The van der Waals surface area contributed by atoms with Gasteiger partial charge in [0.25, 0.3) is 11.8 Å². The van der Waals surface area contributed by atoms with Gasteiger partial charge in [-0.1, -0.05) is 24.3 Å². The van der Waals surface area contributed by atoms with Crippen LogP contribution in [0.3, 0.4) is 0 Å². The van der Waals surface area contributed by atoms with Crippen LogP contribution in [0.1, 0.15) is 43.1 Å². The van der Waals surface area contributed by atoms with Crippen molar-refractivity contribution >= 4 is 35.6 Å². The number of nitriles is 1. The van der Waals surface area contributed by atoms with Crippen molar-refractivity contribution in [3.8, 4) is 23.1 Å². The standard InChI is InChI=1S/C41H37F2N5O4.ClH/c1-26-36(41(51)48(31-8-11-34(49)12-9-31)32-10-14-38(43)29(20-32)23-44)22-39(45(26)2)37-21-30(42)7-13-35(37)40(50)47-24-28-6-4-3-5-27(28)19-33(47)25-46-15-17-52-18-16-46;/h3-14,20-22,33,49H,15-19,24-25H2,1-2H3;1H/t33-;/m0./s1. The molecule has 1 aromatic heterocycles. The Morgan fingerprint density at radius 1 is 0.925 bits per heavy atom. The van der Waals surface area contributed by atoms with Gasteiger partial charge in [-0.3, -0.25) is 19.4 Å². The van der Waals surface area contributed by atoms with Crippen LogP contribution in [0.2, 0.25) is 0 Å². The van der Waals surface area contributed by atoms with Gasteiger partial charge >= 0.3 is 0 Å². The topological polar surface area (TPSA) is 102 Å². The van der Waals surface area contributed by atoms with Crippen LogP contribution in [0.25, 0.3) is 11.3 Å². The number of aromatic hydroxyl groups is 1. The van der Waals surface area contributed by atoms with Crippen molar-refractivity contribution < 1.29 is 28.2 Å². The maximum atomic E-state index is 15.1. The number of rotatable bonds is 7. The molecule has 1 atom stereocenters. The number of anilines is 2. The molecule has 9 nitrogen and oxygen atoms in total. The van der Waals surface area contributed by atoms with Crippen LogP contribution in [0, 0.1) is 29.9 Å². The number of fused-ring (bicyclic) bond motifs is 1. The molecule has 0 radical (unpaired) electrons. The maximum Gasteiger partial charge on any atom is 0.264 e. The number of hydrogen-bond donors (Lipinski definition) is 1. The summed E-state index contributed by atoms with van der Waals surface area (Å²) < 4.78 is 36.8. The van der Waals surface area contributed by atoms with Crippen LogP contribution in [0.5, 0.6) is 5.75 Å². The van der Waals surface area contributed by atoms with E-state index in [1.54, 1.807) is 24.6 Å². The molecule has 1 N–H and O–H groups in total. The first kappa shape index (κ1) is 37.2. The van der Waals surface area contributed by atoms with Gasteiger partial charge < -0.3 is 19.3 Å². The number of benzene rings is 4. The molecule has 1 saturated heterocycles. The highest BCUT2D eigenvalue weighted by Crippen LogP contribution is 2.36. The third-order valence-corrected chi connectivity index (χ3v) is 10.1. The molecule has 0 unspecified atom stereocenters. The molecular formula is C41H38ClF2N5O4. The SMILES string of the molecule is Cc1c(C(=O)N(c2ccc(O)cc2)c2ccc(F)c(C#N)c2)cc(-c2cc(F)ccc2C(=O)N2Cc3ccccc3C[C@H]2CN2CCOCC2)n1C.Cl. The van der Waals surface area contributed by atoms with Crippen LogP contribution in [-0.2, 0) is 24.8 Å². The van der Waals surface area contributed by atoms with E-state index in [4.69, 9.17) is 4.74 Å². The molecule has 7 rings (SSSR count). The smallest absolute Gasteiger partial charge is 0.264 e. The normalized spacial score (nSPS) is 15.6. The van der Waals surface area contributed by atoms with Crippen LogP contribution >= 0.6 is 12.4 Å². The van der Waals surface area contributed by atoms with Crippen molar-refractivity contribution in [2.75, 3.05) is 37.7 Å². The van der Waals surface area contributed by atoms with E-state index in [1.165, 1.54) is 65.1 Å². The maximum absolute atomic E-state index is 15.1. The Kier molecular flexibility index (Phi) is 11.0. The summed E-state index contributed by atoms with van der Waals surface area (Å²) in [5.74, 6) is -2.03. The Labute approximate surface area is 312 Å². The van der Waals surface area contributed by atoms with Gasteiger partial charge in [0.15, 0.2) is 0 Å². The minimum atomic E-state index is -0.727. The Morgan fingerprint density at radius 2 is 1.62 bits per heavy atom. The summed E-state index contributed by atoms with van der Waals surface area (Å²) in [5.41, 5.74) is 4.49. The first-order valence-electron chi connectivity index (χ1n) is 17.1. The third kappa shape index (κ3) is 7.39. The molecular weight excluding hydrogens is 700 g/mol. The molecule has 5 aromatic rings. The van der Waals surface area contributed by atoms with Gasteiger partial charge in [-0.2, -0.15) is 5.26 Å². The van der Waals surface area contributed by atoms with E-state index in [9.17, 15) is 24.3 Å². The largest absolute Gasteiger partial charge is 0.508 e. The van der Waals surface area contributed by atoms with Crippen molar-refractivity contribution in [3.05, 3.63) is 136 Å². The number of phenols is 1. The van der Waals surface area contributed by atoms with Crippen molar-refractivity contribution in [3.63, 3.8) is 0 Å². The van der Waals surface area contributed by atoms with Crippen LogP contribution in [-0.4, -0.2) is 70.2 Å². The molecule has 1 fully saturated rings. The van der Waals surface area contributed by atoms with E-state index in [2.05, 4.69) is 11.0 Å². The van der Waals surface area contributed by atoms with Crippen LogP contribution in [0.4, 0.5) is 20.2 Å². The van der Waals surface area contributed by atoms with Gasteiger partial charge in [-0.15, -0.1) is 12.4 Å². The van der Waals surface area contributed by atoms with Gasteiger partial charge in [0.2, 0.25) is 0 Å². The summed E-state index contributed by atoms with van der Waals surface area (Å²) in [4.78, 5) is 34.7. The Bertz CT molecular complexity index is 2210. The monoisotopic (exact) mass is 737 g/mol. The van der Waals surface area contributed by atoms with Crippen LogP contribution in [0.15, 0.2) is 91.0 Å². The van der Waals surface area contributed by atoms with E-state index in [1.807, 2.05) is 29.2 Å². The number of carbonyl (C=O) groups is 2. The molecule has 0 aliphatic carbocycles. The summed E-state index contributed by atoms with van der Waals surface area (Å²) in [6.07, 6.45) is 0.682. The average Bonchev–Trinajstić information content (AvgIpc) is 3.46. The Hall–Kier alpha value is -5.54. The molecule has 0 bridgehead atoms. The summed E-state index contributed by atoms with van der Waals surface area (Å²) in [7, 11) is 1.75. The molecule has 2 aliphatic heterocycles. The zero-order valence-corrected chi connectivity index (χ0v) is 30.1. The molecule has 0 saturated carbocycles. The summed E-state index contributed by atoms with van der Waals surface area (Å²) in [6, 6.07) is 25.3. The number of aromatic nitrogens is 1. The second-order valence-electron chi connectivity index (χ2n) is 13.2. The predicted molar refractivity (Wildman–Crippen MR) is 200 cm³/mol. The lowest BCUT2D eigenvalue weighted by molar-refractivity contribution is 0.0193. The number of morpholine rings is 1. The number of ether oxygens (including phenoxy) is 1. The highest BCUT2D eigenvalue weighted by Gasteiger charge is 2.34. The summed E-state index contributed by atoms with van der Waals surface area (Å²) in [6.45, 7) is 5.65. The van der Waals surface area contributed by atoms with Gasteiger partial charge in [-0.25, -0.2) is 8.78 Å². The van der Waals surface area contributed by atoms with E-state index in [0.717, 1.165) is 24.7 Å². The number of phenolic OH excluding ortho intramolecular Hbond substituents is 1. The van der Waals surface area contributed by atoms with E-state index < -0.39 is 17.5 Å². The fraction of sp³-hybridized carbons (Fsp3) is 0.244. The van der Waals surface area contributed by atoms with E-state index in [-0.39, 0.29) is 46.9 Å². The number of nitrogens with zero attached hydrogens (tertiary/aromatic N) is 5. The van der Waals surface area contributed by atoms with Gasteiger partial charge in [-0.05, 0) is 91.2 Å². The van der Waals surface area contributed by atoms with Gasteiger partial charge in [0, 0.05) is 67.5 Å². The summed E-state index contributed by atoms with van der Waals surface area (Å²) >= 11 is 0. The molecule has 272 valence electrons. The number of amides is 2. The molecule has 12 heteroatoms. The second-order valence-corrected chi connectivity index (χ2v) is 13.2. The zero-order valence-electron chi connectivity index (χ0n) is 29.3. The first-order valence-corrected chi connectivity index (χ1v) is 17.1. The molecule has 53 heavy (non-hydrogen) atoms. The van der Waals surface area contributed by atoms with Crippen LogP contribution < -0.4 is 4.90 Å². The number of hydrogen-bond acceptors (Lipinski definition) is 6. The Balaban J connectivity index is 0.00000481. The minimum Gasteiger partial charge on any atom is -0.508 e. The van der Waals surface area contributed by atoms with Crippen molar-refractivity contribution in [2.24, 2.45) is 7.05 Å². The van der Waals surface area contributed by atoms with Crippen molar-refractivity contribution in [1.29, 1.82) is 5.26 Å².